The summed E-state index contributed by atoms with van der Waals surface area (Å²) in [6.07, 6.45) is 26.9. The molecule has 0 saturated carbocycles. The fourth-order valence-corrected chi connectivity index (χ4v) is 4.21. The van der Waals surface area contributed by atoms with E-state index in [0.717, 1.165) is 19.3 Å². The molecule has 0 aromatic heterocycles. The molecule has 1 N–H and O–H groups in total. The lowest BCUT2D eigenvalue weighted by molar-refractivity contribution is -0.154. The Balaban J connectivity index is 3.43. The van der Waals surface area contributed by atoms with Crippen LogP contribution in [0.25, 0.3) is 0 Å². The molecular weight excluding hydrogens is 412 g/mol. The van der Waals surface area contributed by atoms with Gasteiger partial charge < -0.3 is 14.6 Å². The summed E-state index contributed by atoms with van der Waals surface area (Å²) < 4.78 is 11.0. The fourth-order valence-electron chi connectivity index (χ4n) is 4.21. The van der Waals surface area contributed by atoms with Gasteiger partial charge in [-0.3, -0.25) is 4.79 Å². The molecule has 1 atom stereocenters. The van der Waals surface area contributed by atoms with Crippen LogP contribution in [0.3, 0.4) is 0 Å². The van der Waals surface area contributed by atoms with Crippen LogP contribution in [0.4, 0.5) is 0 Å². The number of esters is 1. The van der Waals surface area contributed by atoms with Gasteiger partial charge in [0.15, 0.2) is 0 Å². The van der Waals surface area contributed by atoms with Crippen molar-refractivity contribution < 1.29 is 19.4 Å². The Hall–Kier alpha value is -0.610. The number of unbranched alkanes of at least 4 members (excludes halogenated alkanes) is 19. The molecule has 0 rings (SSSR count). The summed E-state index contributed by atoms with van der Waals surface area (Å²) in [5, 5.41) is 9.45. The molecule has 0 bridgehead atoms. The van der Waals surface area contributed by atoms with Crippen molar-refractivity contribution in [2.75, 3.05) is 19.8 Å². The molecule has 0 fully saturated rings. The molecule has 4 heteroatoms. The lowest BCUT2D eigenvalue weighted by Crippen LogP contribution is -2.27. The SMILES string of the molecule is CCCCCCCCCCCCCOCC(CO)OC(=O)CCCCCCCCCCCC. The van der Waals surface area contributed by atoms with Crippen LogP contribution in [-0.4, -0.2) is 37.0 Å². The summed E-state index contributed by atoms with van der Waals surface area (Å²) in [4.78, 5) is 12.0. The summed E-state index contributed by atoms with van der Waals surface area (Å²) >= 11 is 0. The molecule has 0 aliphatic carbocycles. The summed E-state index contributed by atoms with van der Waals surface area (Å²) in [5.41, 5.74) is 0. The van der Waals surface area contributed by atoms with Crippen molar-refractivity contribution in [1.29, 1.82) is 0 Å². The van der Waals surface area contributed by atoms with Gasteiger partial charge in [0.05, 0.1) is 13.2 Å². The standard InChI is InChI=1S/C29H58O4/c1-3-5-7-9-11-13-15-17-19-21-23-25-32-27-28(26-30)33-29(31)24-22-20-18-16-14-12-10-8-6-4-2/h28,30H,3-27H2,1-2H3. The quantitative estimate of drug-likeness (QED) is 0.0965. The number of ether oxygens (including phenoxy) is 2. The van der Waals surface area contributed by atoms with Crippen LogP contribution in [0, 0.1) is 0 Å². The van der Waals surface area contributed by atoms with E-state index in [1.54, 1.807) is 0 Å². The van der Waals surface area contributed by atoms with Crippen LogP contribution in [0.2, 0.25) is 0 Å². The minimum Gasteiger partial charge on any atom is -0.457 e. The fraction of sp³-hybridized carbons (Fsp3) is 0.966. The molecule has 0 amide bonds. The van der Waals surface area contributed by atoms with E-state index in [4.69, 9.17) is 9.47 Å². The number of rotatable bonds is 27. The third-order valence-corrected chi connectivity index (χ3v) is 6.43. The Morgan fingerprint density at radius 3 is 1.42 bits per heavy atom. The second kappa shape index (κ2) is 27.6. The average Bonchev–Trinajstić information content (AvgIpc) is 2.82. The highest BCUT2D eigenvalue weighted by Crippen LogP contribution is 2.13. The van der Waals surface area contributed by atoms with Crippen molar-refractivity contribution in [3.05, 3.63) is 0 Å². The lowest BCUT2D eigenvalue weighted by Gasteiger charge is -2.16. The van der Waals surface area contributed by atoms with Crippen molar-refractivity contribution in [3.63, 3.8) is 0 Å². The maximum absolute atomic E-state index is 12.0. The van der Waals surface area contributed by atoms with E-state index in [1.165, 1.54) is 116 Å². The maximum Gasteiger partial charge on any atom is 0.306 e. The van der Waals surface area contributed by atoms with Crippen molar-refractivity contribution in [2.45, 2.75) is 161 Å². The number of aliphatic hydroxyl groups excluding tert-OH is 1. The number of carbonyl (C=O) groups excluding carboxylic acids is 1. The highest BCUT2D eigenvalue weighted by atomic mass is 16.6. The normalized spacial score (nSPS) is 12.2. The Morgan fingerprint density at radius 1 is 0.606 bits per heavy atom. The zero-order valence-electron chi connectivity index (χ0n) is 22.4. The molecule has 0 saturated heterocycles. The first-order valence-electron chi connectivity index (χ1n) is 14.6. The van der Waals surface area contributed by atoms with Gasteiger partial charge in [-0.1, -0.05) is 136 Å². The minimum atomic E-state index is -0.520. The van der Waals surface area contributed by atoms with Gasteiger partial charge >= 0.3 is 5.97 Å². The third-order valence-electron chi connectivity index (χ3n) is 6.43. The second-order valence-corrected chi connectivity index (χ2v) is 9.84. The van der Waals surface area contributed by atoms with Crippen LogP contribution in [-0.2, 0) is 14.3 Å². The first-order chi connectivity index (χ1) is 16.2. The first-order valence-corrected chi connectivity index (χ1v) is 14.6. The van der Waals surface area contributed by atoms with Gasteiger partial charge in [-0.25, -0.2) is 0 Å². The van der Waals surface area contributed by atoms with E-state index < -0.39 is 6.10 Å². The zero-order valence-corrected chi connectivity index (χ0v) is 22.4. The topological polar surface area (TPSA) is 55.8 Å². The van der Waals surface area contributed by atoms with Crippen molar-refractivity contribution in [3.8, 4) is 0 Å². The van der Waals surface area contributed by atoms with Gasteiger partial charge in [0.1, 0.15) is 6.10 Å². The van der Waals surface area contributed by atoms with E-state index >= 15 is 0 Å². The van der Waals surface area contributed by atoms with Crippen LogP contribution >= 0.6 is 0 Å². The monoisotopic (exact) mass is 470 g/mol. The molecule has 198 valence electrons. The lowest BCUT2D eigenvalue weighted by atomic mass is 10.1. The minimum absolute atomic E-state index is 0.165. The highest BCUT2D eigenvalue weighted by molar-refractivity contribution is 5.69. The number of carbonyl (C=O) groups is 1. The van der Waals surface area contributed by atoms with Crippen molar-refractivity contribution >= 4 is 5.97 Å². The van der Waals surface area contributed by atoms with Crippen LogP contribution in [0.15, 0.2) is 0 Å². The van der Waals surface area contributed by atoms with Gasteiger partial charge in [-0.15, -0.1) is 0 Å². The van der Waals surface area contributed by atoms with Crippen LogP contribution in [0.5, 0.6) is 0 Å². The van der Waals surface area contributed by atoms with E-state index in [9.17, 15) is 9.90 Å². The smallest absolute Gasteiger partial charge is 0.306 e. The first kappa shape index (κ1) is 32.4. The van der Waals surface area contributed by atoms with Gasteiger partial charge in [0.2, 0.25) is 0 Å². The number of hydrogen-bond donors (Lipinski definition) is 1. The molecular formula is C29H58O4. The van der Waals surface area contributed by atoms with Gasteiger partial charge in [-0.05, 0) is 12.8 Å². The largest absolute Gasteiger partial charge is 0.457 e. The Labute approximate surface area is 206 Å². The predicted molar refractivity (Wildman–Crippen MR) is 141 cm³/mol. The highest BCUT2D eigenvalue weighted by Gasteiger charge is 2.13. The van der Waals surface area contributed by atoms with E-state index in [-0.39, 0.29) is 12.6 Å². The molecule has 0 aromatic rings. The molecule has 1 unspecified atom stereocenters. The van der Waals surface area contributed by atoms with Crippen molar-refractivity contribution in [2.24, 2.45) is 0 Å². The van der Waals surface area contributed by atoms with Gasteiger partial charge in [0.25, 0.3) is 0 Å². The summed E-state index contributed by atoms with van der Waals surface area (Å²) in [6, 6.07) is 0. The van der Waals surface area contributed by atoms with E-state index in [2.05, 4.69) is 13.8 Å². The third kappa shape index (κ3) is 25.8. The summed E-state index contributed by atoms with van der Waals surface area (Å²) in [5.74, 6) is -0.202. The Morgan fingerprint density at radius 2 is 1.00 bits per heavy atom. The molecule has 0 heterocycles. The molecule has 0 spiro atoms. The van der Waals surface area contributed by atoms with Gasteiger partial charge in [-0.2, -0.15) is 0 Å². The van der Waals surface area contributed by atoms with Crippen LogP contribution < -0.4 is 0 Å². The van der Waals surface area contributed by atoms with Crippen LogP contribution in [0.1, 0.15) is 155 Å². The second-order valence-electron chi connectivity index (χ2n) is 9.84. The Bertz CT molecular complexity index is 386. The number of hydrogen-bond acceptors (Lipinski definition) is 4. The summed E-state index contributed by atoms with van der Waals surface area (Å²) in [6.45, 7) is 5.34. The predicted octanol–water partition coefficient (Wildman–Crippen LogP) is 8.53. The Kier molecular flexibility index (Phi) is 27.1. The molecule has 4 nitrogen and oxygen atoms in total. The maximum atomic E-state index is 12.0. The van der Waals surface area contributed by atoms with Gasteiger partial charge in [0, 0.05) is 13.0 Å². The molecule has 0 aliphatic heterocycles. The molecule has 0 radical (unpaired) electrons. The zero-order chi connectivity index (χ0) is 24.2. The summed E-state index contributed by atoms with van der Waals surface area (Å²) in [7, 11) is 0. The average molecular weight is 471 g/mol. The van der Waals surface area contributed by atoms with E-state index in [1.807, 2.05) is 0 Å². The molecule has 0 aliphatic rings. The molecule has 33 heavy (non-hydrogen) atoms. The molecule has 0 aromatic carbocycles. The van der Waals surface area contributed by atoms with Crippen molar-refractivity contribution in [1.82, 2.24) is 0 Å². The number of aliphatic hydroxyl groups is 1. The van der Waals surface area contributed by atoms with E-state index in [0.29, 0.717) is 19.6 Å².